The Hall–Kier alpha value is -1.72. The Labute approximate surface area is 156 Å². The van der Waals surface area contributed by atoms with Gasteiger partial charge in [0, 0.05) is 32.2 Å². The number of thiophene rings is 1. The lowest BCUT2D eigenvalue weighted by molar-refractivity contribution is -0.127. The third kappa shape index (κ3) is 4.92. The van der Waals surface area contributed by atoms with E-state index in [-0.39, 0.29) is 16.2 Å². The average Bonchev–Trinajstić information content (AvgIpc) is 3.25. The summed E-state index contributed by atoms with van der Waals surface area (Å²) in [4.78, 5) is 16.2. The Kier molecular flexibility index (Phi) is 5.78. The standard InChI is InChI=1S/C15H18F3N5OS2/c1-10(11-2-7-25-9-11)22-3-5-23(6-4-22)14(24)19-13-21-20-12(26-13)8-15(16,17)18/h2,7,9-10H,3-6,8H2,1H3,(H,19,21,24). The minimum absolute atomic E-state index is 0.0864. The van der Waals surface area contributed by atoms with E-state index in [1.807, 2.05) is 5.38 Å². The van der Waals surface area contributed by atoms with Crippen LogP contribution in [0.1, 0.15) is 23.5 Å². The summed E-state index contributed by atoms with van der Waals surface area (Å²) in [6.45, 7) is 4.71. The highest BCUT2D eigenvalue weighted by Crippen LogP contribution is 2.26. The van der Waals surface area contributed by atoms with Crippen LogP contribution in [0.3, 0.4) is 0 Å². The number of anilines is 1. The van der Waals surface area contributed by atoms with E-state index in [2.05, 4.69) is 38.8 Å². The zero-order valence-corrected chi connectivity index (χ0v) is 15.6. The number of alkyl halides is 3. The van der Waals surface area contributed by atoms with Crippen molar-refractivity contribution in [3.63, 3.8) is 0 Å². The van der Waals surface area contributed by atoms with Gasteiger partial charge < -0.3 is 4.90 Å². The second-order valence-corrected chi connectivity index (χ2v) is 7.82. The highest BCUT2D eigenvalue weighted by molar-refractivity contribution is 7.15. The predicted molar refractivity (Wildman–Crippen MR) is 94.6 cm³/mol. The van der Waals surface area contributed by atoms with E-state index in [1.165, 1.54) is 5.56 Å². The van der Waals surface area contributed by atoms with Crippen molar-refractivity contribution in [2.45, 2.75) is 25.6 Å². The van der Waals surface area contributed by atoms with Crippen molar-refractivity contribution in [3.8, 4) is 0 Å². The van der Waals surface area contributed by atoms with Gasteiger partial charge in [-0.2, -0.15) is 24.5 Å². The van der Waals surface area contributed by atoms with E-state index in [1.54, 1.807) is 16.2 Å². The molecule has 2 aromatic rings. The van der Waals surface area contributed by atoms with Crippen LogP contribution in [0.15, 0.2) is 16.8 Å². The largest absolute Gasteiger partial charge is 0.395 e. The number of aromatic nitrogens is 2. The summed E-state index contributed by atoms with van der Waals surface area (Å²) in [5, 5.41) is 13.7. The number of halogens is 3. The molecule has 142 valence electrons. The SMILES string of the molecule is CC(c1ccsc1)N1CCN(C(=O)Nc2nnc(CC(F)(F)F)s2)CC1. The van der Waals surface area contributed by atoms with Gasteiger partial charge in [0.05, 0.1) is 6.42 Å². The Balaban J connectivity index is 1.49. The number of carbonyl (C=O) groups is 1. The number of rotatable bonds is 4. The molecule has 1 N–H and O–H groups in total. The molecule has 2 amide bonds. The third-order valence-corrected chi connectivity index (χ3v) is 5.75. The maximum absolute atomic E-state index is 12.3. The van der Waals surface area contributed by atoms with Crippen LogP contribution in [0.2, 0.25) is 0 Å². The molecule has 3 rings (SSSR count). The molecule has 1 aliphatic heterocycles. The van der Waals surface area contributed by atoms with Crippen molar-refractivity contribution in [2.75, 3.05) is 31.5 Å². The quantitative estimate of drug-likeness (QED) is 0.844. The minimum atomic E-state index is -4.34. The first-order valence-corrected chi connectivity index (χ1v) is 9.79. The van der Waals surface area contributed by atoms with Crippen molar-refractivity contribution in [1.29, 1.82) is 0 Å². The molecule has 6 nitrogen and oxygen atoms in total. The van der Waals surface area contributed by atoms with Gasteiger partial charge in [0.1, 0.15) is 5.01 Å². The van der Waals surface area contributed by atoms with E-state index >= 15 is 0 Å². The summed E-state index contributed by atoms with van der Waals surface area (Å²) in [6.07, 6.45) is -5.48. The van der Waals surface area contributed by atoms with Crippen molar-refractivity contribution in [3.05, 3.63) is 27.4 Å². The molecule has 3 heterocycles. The van der Waals surface area contributed by atoms with Crippen LogP contribution in [0, 0.1) is 0 Å². The number of piperazine rings is 1. The molecular formula is C15H18F3N5OS2. The number of hydrogen-bond donors (Lipinski definition) is 1. The van der Waals surface area contributed by atoms with E-state index in [9.17, 15) is 18.0 Å². The van der Waals surface area contributed by atoms with Crippen molar-refractivity contribution in [2.24, 2.45) is 0 Å². The molecule has 1 fully saturated rings. The van der Waals surface area contributed by atoms with Crippen molar-refractivity contribution in [1.82, 2.24) is 20.0 Å². The predicted octanol–water partition coefficient (Wildman–Crippen LogP) is 3.62. The van der Waals surface area contributed by atoms with Gasteiger partial charge in [-0.25, -0.2) is 4.79 Å². The first kappa shape index (κ1) is 19.1. The third-order valence-electron chi connectivity index (χ3n) is 4.21. The molecule has 1 unspecified atom stereocenters. The Morgan fingerprint density at radius 1 is 1.31 bits per heavy atom. The molecule has 0 saturated carbocycles. The normalized spacial score (nSPS) is 17.3. The summed E-state index contributed by atoms with van der Waals surface area (Å²) in [5.74, 6) is 0. The van der Waals surface area contributed by atoms with E-state index < -0.39 is 12.6 Å². The molecule has 2 aromatic heterocycles. The van der Waals surface area contributed by atoms with Gasteiger partial charge in [-0.15, -0.1) is 10.2 Å². The summed E-state index contributed by atoms with van der Waals surface area (Å²) >= 11 is 2.41. The fourth-order valence-corrected chi connectivity index (χ4v) is 4.26. The molecule has 0 radical (unpaired) electrons. The highest BCUT2D eigenvalue weighted by atomic mass is 32.1. The maximum Gasteiger partial charge on any atom is 0.395 e. The molecule has 1 atom stereocenters. The fourth-order valence-electron chi connectivity index (χ4n) is 2.75. The summed E-state index contributed by atoms with van der Waals surface area (Å²) < 4.78 is 37.0. The molecule has 0 aliphatic carbocycles. The molecule has 0 spiro atoms. The zero-order valence-electron chi connectivity index (χ0n) is 14.0. The van der Waals surface area contributed by atoms with E-state index in [0.29, 0.717) is 19.1 Å². The lowest BCUT2D eigenvalue weighted by atomic mass is 10.1. The minimum Gasteiger partial charge on any atom is -0.322 e. The first-order valence-electron chi connectivity index (χ1n) is 8.03. The van der Waals surface area contributed by atoms with Crippen LogP contribution in [0.4, 0.5) is 23.1 Å². The van der Waals surface area contributed by atoms with Gasteiger partial charge in [0.2, 0.25) is 5.13 Å². The number of nitrogens with zero attached hydrogens (tertiary/aromatic N) is 4. The molecule has 1 saturated heterocycles. The number of urea groups is 1. The topological polar surface area (TPSA) is 61.4 Å². The number of nitrogens with one attached hydrogen (secondary N) is 1. The number of amides is 2. The van der Waals surface area contributed by atoms with Gasteiger partial charge in [0.25, 0.3) is 0 Å². The van der Waals surface area contributed by atoms with E-state index in [0.717, 1.165) is 24.4 Å². The van der Waals surface area contributed by atoms with Crippen LogP contribution in [-0.2, 0) is 6.42 Å². The van der Waals surface area contributed by atoms with Crippen LogP contribution < -0.4 is 5.32 Å². The van der Waals surface area contributed by atoms with Crippen molar-refractivity contribution >= 4 is 33.8 Å². The average molecular weight is 405 g/mol. The van der Waals surface area contributed by atoms with Crippen LogP contribution in [-0.4, -0.2) is 58.4 Å². The molecule has 0 bridgehead atoms. The summed E-state index contributed by atoms with van der Waals surface area (Å²) in [6, 6.07) is 2.03. The van der Waals surface area contributed by atoms with Gasteiger partial charge >= 0.3 is 12.2 Å². The molecule has 26 heavy (non-hydrogen) atoms. The Bertz CT molecular complexity index is 726. The Morgan fingerprint density at radius 2 is 2.04 bits per heavy atom. The smallest absolute Gasteiger partial charge is 0.322 e. The molecular weight excluding hydrogens is 387 g/mol. The first-order chi connectivity index (χ1) is 12.3. The fraction of sp³-hybridized carbons (Fsp3) is 0.533. The highest BCUT2D eigenvalue weighted by Gasteiger charge is 2.30. The summed E-state index contributed by atoms with van der Waals surface area (Å²) in [5.41, 5.74) is 1.26. The number of carbonyl (C=O) groups excluding carboxylic acids is 1. The lowest BCUT2D eigenvalue weighted by Gasteiger charge is -2.37. The zero-order chi connectivity index (χ0) is 18.7. The monoisotopic (exact) mass is 405 g/mol. The second kappa shape index (κ2) is 7.89. The van der Waals surface area contributed by atoms with Gasteiger partial charge in [0.15, 0.2) is 0 Å². The van der Waals surface area contributed by atoms with Gasteiger partial charge in [-0.05, 0) is 29.3 Å². The molecule has 11 heteroatoms. The Morgan fingerprint density at radius 3 is 2.65 bits per heavy atom. The number of hydrogen-bond acceptors (Lipinski definition) is 6. The van der Waals surface area contributed by atoms with Crippen LogP contribution in [0.5, 0.6) is 0 Å². The van der Waals surface area contributed by atoms with Crippen LogP contribution in [0.25, 0.3) is 0 Å². The van der Waals surface area contributed by atoms with Gasteiger partial charge in [-0.3, -0.25) is 10.2 Å². The summed E-state index contributed by atoms with van der Waals surface area (Å²) in [7, 11) is 0. The van der Waals surface area contributed by atoms with E-state index in [4.69, 9.17) is 0 Å². The maximum atomic E-state index is 12.3. The van der Waals surface area contributed by atoms with Crippen molar-refractivity contribution < 1.29 is 18.0 Å². The van der Waals surface area contributed by atoms with Gasteiger partial charge in [-0.1, -0.05) is 11.3 Å². The lowest BCUT2D eigenvalue weighted by Crippen LogP contribution is -2.50. The van der Waals surface area contributed by atoms with Crippen LogP contribution >= 0.6 is 22.7 Å². The molecule has 0 aromatic carbocycles. The second-order valence-electron chi connectivity index (χ2n) is 5.98. The molecule has 1 aliphatic rings.